The van der Waals surface area contributed by atoms with E-state index < -0.39 is 11.9 Å². The summed E-state index contributed by atoms with van der Waals surface area (Å²) in [6.07, 6.45) is 0.648. The molecule has 7 nitrogen and oxygen atoms in total. The molecule has 0 saturated carbocycles. The number of aromatic nitrogens is 2. The van der Waals surface area contributed by atoms with Gasteiger partial charge >= 0.3 is 11.9 Å². The number of likely N-dealkylation sites (N-methyl/N-ethyl adjacent to an activating group) is 1. The van der Waals surface area contributed by atoms with Gasteiger partial charge in [-0.25, -0.2) is 4.79 Å². The number of carbonyl (C=O) groups is 2. The Morgan fingerprint density at radius 1 is 1.39 bits per heavy atom. The van der Waals surface area contributed by atoms with E-state index in [2.05, 4.69) is 5.10 Å². The van der Waals surface area contributed by atoms with Crippen LogP contribution in [0.4, 0.5) is 0 Å². The van der Waals surface area contributed by atoms with Crippen molar-refractivity contribution in [1.82, 2.24) is 14.7 Å². The lowest BCUT2D eigenvalue weighted by molar-refractivity contribution is -0.137. The highest BCUT2D eigenvalue weighted by atomic mass is 16.4. The Morgan fingerprint density at radius 3 is 2.72 bits per heavy atom. The Balaban J connectivity index is 2.33. The molecule has 2 N–H and O–H groups in total. The zero-order chi connectivity index (χ0) is 13.3. The molecule has 0 saturated heterocycles. The Kier molecular flexibility index (Phi) is 3.33. The number of fused-ring (bicyclic) bond motifs is 1. The molecule has 0 fully saturated rings. The summed E-state index contributed by atoms with van der Waals surface area (Å²) in [4.78, 5) is 23.7. The molecule has 1 aliphatic heterocycles. The van der Waals surface area contributed by atoms with Crippen LogP contribution in [0.3, 0.4) is 0 Å². The van der Waals surface area contributed by atoms with Gasteiger partial charge in [0.15, 0.2) is 5.69 Å². The fourth-order valence-electron chi connectivity index (χ4n) is 2.18. The van der Waals surface area contributed by atoms with Gasteiger partial charge < -0.3 is 15.1 Å². The first-order chi connectivity index (χ1) is 8.49. The molecule has 18 heavy (non-hydrogen) atoms. The maximum Gasteiger partial charge on any atom is 0.356 e. The number of carboxylic acid groups (broad SMARTS) is 2. The topological polar surface area (TPSA) is 95.7 Å². The number of aromatic carboxylic acids is 1. The summed E-state index contributed by atoms with van der Waals surface area (Å²) in [5, 5.41) is 21.8. The van der Waals surface area contributed by atoms with Gasteiger partial charge in [0.25, 0.3) is 0 Å². The van der Waals surface area contributed by atoms with Crippen LogP contribution in [0.15, 0.2) is 0 Å². The second-order valence-electron chi connectivity index (χ2n) is 4.43. The number of aryl methyl sites for hydroxylation is 1. The van der Waals surface area contributed by atoms with Gasteiger partial charge in [-0.3, -0.25) is 9.48 Å². The third-order valence-corrected chi connectivity index (χ3v) is 3.06. The molecule has 7 heteroatoms. The lowest BCUT2D eigenvalue weighted by Gasteiger charge is -2.23. The monoisotopic (exact) mass is 253 g/mol. The minimum Gasteiger partial charge on any atom is -0.481 e. The highest BCUT2D eigenvalue weighted by Crippen LogP contribution is 2.22. The van der Waals surface area contributed by atoms with E-state index in [0.29, 0.717) is 18.5 Å². The van der Waals surface area contributed by atoms with Crippen molar-refractivity contribution in [3.63, 3.8) is 0 Å². The third kappa shape index (κ3) is 2.35. The van der Waals surface area contributed by atoms with E-state index in [4.69, 9.17) is 10.2 Å². The van der Waals surface area contributed by atoms with Crippen molar-refractivity contribution in [2.45, 2.75) is 25.9 Å². The predicted molar refractivity (Wildman–Crippen MR) is 61.5 cm³/mol. The van der Waals surface area contributed by atoms with Crippen LogP contribution in [-0.4, -0.2) is 50.4 Å². The van der Waals surface area contributed by atoms with Crippen molar-refractivity contribution in [3.8, 4) is 0 Å². The second-order valence-corrected chi connectivity index (χ2v) is 4.43. The van der Waals surface area contributed by atoms with Crippen molar-refractivity contribution in [1.29, 1.82) is 0 Å². The van der Waals surface area contributed by atoms with Crippen molar-refractivity contribution >= 4 is 11.9 Å². The molecule has 98 valence electrons. The molecule has 1 aromatic rings. The van der Waals surface area contributed by atoms with Crippen molar-refractivity contribution in [3.05, 3.63) is 17.0 Å². The standard InChI is InChI=1S/C11H15N3O4/c1-13-4-2-8-7(6-13)10(11(17)18)12-14(8)5-3-9(15)16/h2-6H2,1H3,(H,15,16)(H,17,18). The fraction of sp³-hybridized carbons (Fsp3) is 0.545. The molecular formula is C11H15N3O4. The highest BCUT2D eigenvalue weighted by molar-refractivity contribution is 5.87. The minimum atomic E-state index is -1.06. The fourth-order valence-corrected chi connectivity index (χ4v) is 2.18. The van der Waals surface area contributed by atoms with Crippen molar-refractivity contribution in [2.24, 2.45) is 0 Å². The lowest BCUT2D eigenvalue weighted by atomic mass is 10.1. The smallest absolute Gasteiger partial charge is 0.356 e. The van der Waals surface area contributed by atoms with Crippen molar-refractivity contribution < 1.29 is 19.8 Å². The van der Waals surface area contributed by atoms with Gasteiger partial charge in [0.05, 0.1) is 13.0 Å². The number of hydrogen-bond acceptors (Lipinski definition) is 4. The Hall–Kier alpha value is -1.89. The third-order valence-electron chi connectivity index (χ3n) is 3.06. The first kappa shape index (κ1) is 12.6. The quantitative estimate of drug-likeness (QED) is 0.786. The molecule has 2 rings (SSSR count). The van der Waals surface area contributed by atoms with Gasteiger partial charge in [0.1, 0.15) is 0 Å². The number of nitrogens with zero attached hydrogens (tertiary/aromatic N) is 3. The van der Waals surface area contributed by atoms with Crippen LogP contribution in [0.2, 0.25) is 0 Å². The van der Waals surface area contributed by atoms with E-state index in [-0.39, 0.29) is 18.7 Å². The largest absolute Gasteiger partial charge is 0.481 e. The SMILES string of the molecule is CN1CCc2c(c(C(=O)O)nn2CCC(=O)O)C1. The first-order valence-electron chi connectivity index (χ1n) is 5.71. The van der Waals surface area contributed by atoms with Crippen LogP contribution in [0.25, 0.3) is 0 Å². The normalized spacial score (nSPS) is 15.4. The molecule has 0 aromatic carbocycles. The zero-order valence-electron chi connectivity index (χ0n) is 10.1. The average molecular weight is 253 g/mol. The maximum absolute atomic E-state index is 11.1. The van der Waals surface area contributed by atoms with E-state index >= 15 is 0 Å². The number of aliphatic carboxylic acids is 1. The molecule has 0 unspecified atom stereocenters. The van der Waals surface area contributed by atoms with E-state index in [1.54, 1.807) is 0 Å². The molecule has 1 aliphatic rings. The second kappa shape index (κ2) is 4.77. The molecular weight excluding hydrogens is 238 g/mol. The Bertz CT molecular complexity index is 495. The summed E-state index contributed by atoms with van der Waals surface area (Å²) < 4.78 is 1.53. The van der Waals surface area contributed by atoms with Crippen LogP contribution >= 0.6 is 0 Å². The summed E-state index contributed by atoms with van der Waals surface area (Å²) in [5.74, 6) is -1.97. The number of rotatable bonds is 4. The van der Waals surface area contributed by atoms with E-state index in [9.17, 15) is 9.59 Å². The van der Waals surface area contributed by atoms with Gasteiger partial charge in [0, 0.05) is 30.8 Å². The Labute approximate surface area is 104 Å². The summed E-state index contributed by atoms with van der Waals surface area (Å²) in [5.41, 5.74) is 1.61. The molecule has 0 atom stereocenters. The molecule has 0 bridgehead atoms. The maximum atomic E-state index is 11.1. The highest BCUT2D eigenvalue weighted by Gasteiger charge is 2.26. The summed E-state index contributed by atoms with van der Waals surface area (Å²) in [6, 6.07) is 0. The minimum absolute atomic E-state index is 0.0435. The first-order valence-corrected chi connectivity index (χ1v) is 5.71. The Morgan fingerprint density at radius 2 is 2.11 bits per heavy atom. The average Bonchev–Trinajstić information content (AvgIpc) is 2.64. The zero-order valence-corrected chi connectivity index (χ0v) is 10.1. The van der Waals surface area contributed by atoms with Crippen LogP contribution < -0.4 is 0 Å². The molecule has 2 heterocycles. The van der Waals surface area contributed by atoms with Crippen molar-refractivity contribution in [2.75, 3.05) is 13.6 Å². The van der Waals surface area contributed by atoms with Gasteiger partial charge in [-0.1, -0.05) is 0 Å². The van der Waals surface area contributed by atoms with E-state index in [1.165, 1.54) is 4.68 Å². The van der Waals surface area contributed by atoms with Gasteiger partial charge in [0.2, 0.25) is 0 Å². The van der Waals surface area contributed by atoms with Gasteiger partial charge in [-0.15, -0.1) is 0 Å². The predicted octanol–water partition coefficient (Wildman–Crippen LogP) is 0.0439. The van der Waals surface area contributed by atoms with Crippen LogP contribution in [-0.2, 0) is 24.3 Å². The molecule has 0 aliphatic carbocycles. The number of hydrogen-bond donors (Lipinski definition) is 2. The summed E-state index contributed by atoms with van der Waals surface area (Å²) in [6.45, 7) is 1.59. The summed E-state index contributed by atoms with van der Waals surface area (Å²) in [7, 11) is 1.92. The van der Waals surface area contributed by atoms with Gasteiger partial charge in [-0.2, -0.15) is 5.10 Å². The number of carboxylic acids is 2. The van der Waals surface area contributed by atoms with E-state index in [0.717, 1.165) is 12.2 Å². The summed E-state index contributed by atoms with van der Waals surface area (Å²) >= 11 is 0. The van der Waals surface area contributed by atoms with Crippen LogP contribution in [0.1, 0.15) is 28.2 Å². The molecule has 0 amide bonds. The molecule has 0 radical (unpaired) electrons. The molecule has 0 spiro atoms. The van der Waals surface area contributed by atoms with Crippen LogP contribution in [0.5, 0.6) is 0 Å². The van der Waals surface area contributed by atoms with E-state index in [1.807, 2.05) is 11.9 Å². The van der Waals surface area contributed by atoms with Crippen LogP contribution in [0, 0.1) is 0 Å². The van der Waals surface area contributed by atoms with Gasteiger partial charge in [-0.05, 0) is 7.05 Å². The lowest BCUT2D eigenvalue weighted by Crippen LogP contribution is -2.28. The molecule has 1 aromatic heterocycles.